The van der Waals surface area contributed by atoms with E-state index in [1.54, 1.807) is 6.92 Å². The van der Waals surface area contributed by atoms with Crippen LogP contribution in [-0.4, -0.2) is 48.2 Å². The van der Waals surface area contributed by atoms with Crippen molar-refractivity contribution in [2.24, 2.45) is 11.8 Å². The molecule has 110 valence electrons. The highest BCUT2D eigenvalue weighted by molar-refractivity contribution is 5.91. The number of carbonyl (C=O) groups excluding carboxylic acids is 2. The average Bonchev–Trinajstić information content (AvgIpc) is 3.05. The SMILES string of the molecule is CCCCN1C[C@@]23C=C[C@H](O2)[C@H](C(=O)OCC)[C@H]3C1=O. The minimum Gasteiger partial charge on any atom is -0.466 e. The molecule has 1 spiro atoms. The summed E-state index contributed by atoms with van der Waals surface area (Å²) in [5.41, 5.74) is -0.590. The molecule has 3 heterocycles. The molecule has 3 rings (SSSR count). The van der Waals surface area contributed by atoms with Crippen LogP contribution < -0.4 is 0 Å². The van der Waals surface area contributed by atoms with Gasteiger partial charge in [0.25, 0.3) is 0 Å². The van der Waals surface area contributed by atoms with Crippen molar-refractivity contribution in [1.29, 1.82) is 0 Å². The molecule has 5 heteroatoms. The zero-order chi connectivity index (χ0) is 14.3. The van der Waals surface area contributed by atoms with E-state index >= 15 is 0 Å². The van der Waals surface area contributed by atoms with E-state index in [1.165, 1.54) is 0 Å². The lowest BCUT2D eigenvalue weighted by Crippen LogP contribution is -2.40. The van der Waals surface area contributed by atoms with Crippen molar-refractivity contribution in [3.8, 4) is 0 Å². The Morgan fingerprint density at radius 1 is 1.55 bits per heavy atom. The molecular formula is C15H21NO4. The molecule has 2 saturated heterocycles. The van der Waals surface area contributed by atoms with Crippen LogP contribution in [0.25, 0.3) is 0 Å². The molecule has 0 saturated carbocycles. The van der Waals surface area contributed by atoms with Gasteiger partial charge in [-0.15, -0.1) is 0 Å². The Bertz CT molecular complexity index is 461. The van der Waals surface area contributed by atoms with Crippen LogP contribution in [0.5, 0.6) is 0 Å². The molecular weight excluding hydrogens is 258 g/mol. The van der Waals surface area contributed by atoms with Gasteiger partial charge < -0.3 is 14.4 Å². The second kappa shape index (κ2) is 4.88. The van der Waals surface area contributed by atoms with Gasteiger partial charge in [0, 0.05) is 6.54 Å². The molecule has 0 aromatic heterocycles. The van der Waals surface area contributed by atoms with E-state index in [1.807, 2.05) is 17.1 Å². The number of nitrogens with zero attached hydrogens (tertiary/aromatic N) is 1. The van der Waals surface area contributed by atoms with E-state index in [0.717, 1.165) is 19.4 Å². The maximum absolute atomic E-state index is 12.6. The van der Waals surface area contributed by atoms with Crippen LogP contribution in [0.2, 0.25) is 0 Å². The first-order valence-corrected chi connectivity index (χ1v) is 7.45. The van der Waals surface area contributed by atoms with Gasteiger partial charge in [-0.25, -0.2) is 0 Å². The van der Waals surface area contributed by atoms with Gasteiger partial charge in [-0.1, -0.05) is 25.5 Å². The Morgan fingerprint density at radius 3 is 3.05 bits per heavy atom. The van der Waals surface area contributed by atoms with Gasteiger partial charge in [0.15, 0.2) is 0 Å². The lowest BCUT2D eigenvalue weighted by Gasteiger charge is -2.22. The predicted molar refractivity (Wildman–Crippen MR) is 71.8 cm³/mol. The fraction of sp³-hybridized carbons (Fsp3) is 0.733. The second-order valence-electron chi connectivity index (χ2n) is 5.77. The van der Waals surface area contributed by atoms with Gasteiger partial charge in [-0.3, -0.25) is 9.59 Å². The molecule has 0 aliphatic carbocycles. The fourth-order valence-electron chi connectivity index (χ4n) is 3.62. The van der Waals surface area contributed by atoms with Crippen molar-refractivity contribution in [2.75, 3.05) is 19.7 Å². The Balaban J connectivity index is 1.83. The first-order chi connectivity index (χ1) is 9.63. The molecule has 2 bridgehead atoms. The van der Waals surface area contributed by atoms with E-state index in [4.69, 9.17) is 9.47 Å². The number of amides is 1. The zero-order valence-electron chi connectivity index (χ0n) is 12.0. The monoisotopic (exact) mass is 279 g/mol. The predicted octanol–water partition coefficient (Wildman–Crippen LogP) is 1.13. The van der Waals surface area contributed by atoms with Gasteiger partial charge in [0.1, 0.15) is 11.5 Å². The quantitative estimate of drug-likeness (QED) is 0.559. The maximum atomic E-state index is 12.6. The van der Waals surface area contributed by atoms with Crippen molar-refractivity contribution in [3.63, 3.8) is 0 Å². The summed E-state index contributed by atoms with van der Waals surface area (Å²) in [4.78, 5) is 26.6. The molecule has 2 fully saturated rings. The molecule has 3 aliphatic rings. The topological polar surface area (TPSA) is 55.8 Å². The Labute approximate surface area is 118 Å². The molecule has 20 heavy (non-hydrogen) atoms. The van der Waals surface area contributed by atoms with Crippen molar-refractivity contribution in [1.82, 2.24) is 4.90 Å². The minimum absolute atomic E-state index is 0.0448. The summed E-state index contributed by atoms with van der Waals surface area (Å²) in [6, 6.07) is 0. The van der Waals surface area contributed by atoms with Crippen LogP contribution >= 0.6 is 0 Å². The van der Waals surface area contributed by atoms with E-state index < -0.39 is 17.4 Å². The number of carbonyl (C=O) groups is 2. The minimum atomic E-state index is -0.590. The van der Waals surface area contributed by atoms with Crippen LogP contribution in [-0.2, 0) is 19.1 Å². The van der Waals surface area contributed by atoms with Gasteiger partial charge in [-0.05, 0) is 13.3 Å². The third kappa shape index (κ3) is 1.79. The van der Waals surface area contributed by atoms with E-state index in [9.17, 15) is 9.59 Å². The zero-order valence-corrected chi connectivity index (χ0v) is 12.0. The molecule has 4 atom stereocenters. The molecule has 0 N–H and O–H groups in total. The summed E-state index contributed by atoms with van der Waals surface area (Å²) in [7, 11) is 0. The van der Waals surface area contributed by atoms with Gasteiger partial charge >= 0.3 is 5.97 Å². The number of likely N-dealkylation sites (tertiary alicyclic amines) is 1. The summed E-state index contributed by atoms with van der Waals surface area (Å²) in [6.45, 7) is 5.52. The highest BCUT2D eigenvalue weighted by atomic mass is 16.6. The fourth-order valence-corrected chi connectivity index (χ4v) is 3.62. The van der Waals surface area contributed by atoms with Crippen LogP contribution in [0.4, 0.5) is 0 Å². The van der Waals surface area contributed by atoms with Crippen molar-refractivity contribution >= 4 is 11.9 Å². The van der Waals surface area contributed by atoms with Crippen molar-refractivity contribution < 1.29 is 19.1 Å². The number of ether oxygens (including phenoxy) is 2. The van der Waals surface area contributed by atoms with Gasteiger partial charge in [0.05, 0.1) is 25.2 Å². The highest BCUT2D eigenvalue weighted by Crippen LogP contribution is 2.52. The lowest BCUT2D eigenvalue weighted by molar-refractivity contribution is -0.153. The summed E-state index contributed by atoms with van der Waals surface area (Å²) in [5, 5.41) is 0. The molecule has 0 aromatic carbocycles. The third-order valence-electron chi connectivity index (χ3n) is 4.52. The maximum Gasteiger partial charge on any atom is 0.312 e. The van der Waals surface area contributed by atoms with E-state index in [2.05, 4.69) is 6.92 Å². The van der Waals surface area contributed by atoms with E-state index in [-0.39, 0.29) is 18.0 Å². The molecule has 1 amide bonds. The van der Waals surface area contributed by atoms with Gasteiger partial charge in [-0.2, -0.15) is 0 Å². The van der Waals surface area contributed by atoms with Crippen molar-refractivity contribution in [3.05, 3.63) is 12.2 Å². The Hall–Kier alpha value is -1.36. The van der Waals surface area contributed by atoms with Crippen LogP contribution in [0.15, 0.2) is 12.2 Å². The summed E-state index contributed by atoms with van der Waals surface area (Å²) < 4.78 is 11.1. The van der Waals surface area contributed by atoms with E-state index in [0.29, 0.717) is 13.2 Å². The Morgan fingerprint density at radius 2 is 2.35 bits per heavy atom. The van der Waals surface area contributed by atoms with Crippen molar-refractivity contribution in [2.45, 2.75) is 38.4 Å². The number of hydrogen-bond donors (Lipinski definition) is 0. The number of hydrogen-bond acceptors (Lipinski definition) is 4. The van der Waals surface area contributed by atoms with Crippen LogP contribution in [0.1, 0.15) is 26.7 Å². The highest BCUT2D eigenvalue weighted by Gasteiger charge is 2.67. The summed E-state index contributed by atoms with van der Waals surface area (Å²) >= 11 is 0. The molecule has 3 aliphatic heterocycles. The number of esters is 1. The summed E-state index contributed by atoms with van der Waals surface area (Å²) in [6.07, 6.45) is 5.61. The summed E-state index contributed by atoms with van der Waals surface area (Å²) in [5.74, 6) is -1.13. The lowest BCUT2D eigenvalue weighted by atomic mass is 9.77. The average molecular weight is 279 g/mol. The normalized spacial score (nSPS) is 37.6. The smallest absolute Gasteiger partial charge is 0.312 e. The molecule has 0 radical (unpaired) electrons. The molecule has 0 unspecified atom stereocenters. The van der Waals surface area contributed by atoms with Crippen LogP contribution in [0, 0.1) is 11.8 Å². The Kier molecular flexibility index (Phi) is 3.32. The molecule has 5 nitrogen and oxygen atoms in total. The largest absolute Gasteiger partial charge is 0.466 e. The van der Waals surface area contributed by atoms with Gasteiger partial charge in [0.2, 0.25) is 5.91 Å². The number of unbranched alkanes of at least 4 members (excludes halogenated alkanes) is 1. The van der Waals surface area contributed by atoms with Crippen LogP contribution in [0.3, 0.4) is 0 Å². The number of fused-ring (bicyclic) bond motifs is 1. The second-order valence-corrected chi connectivity index (χ2v) is 5.77. The first-order valence-electron chi connectivity index (χ1n) is 7.45. The first kappa shape index (κ1) is 13.6. The standard InChI is InChI=1S/C15H21NO4/c1-3-5-8-16-9-15-7-6-10(20-15)11(12(15)13(16)17)14(18)19-4-2/h6-7,10-12H,3-5,8-9H2,1-2H3/t10-,11-,12-,15+/m0/s1. The molecule has 0 aromatic rings. The third-order valence-corrected chi connectivity index (χ3v) is 4.52. The number of rotatable bonds is 5.